The second-order valence-electron chi connectivity index (χ2n) is 8.69. The fourth-order valence-corrected chi connectivity index (χ4v) is 4.57. The Morgan fingerprint density at radius 1 is 0.972 bits per heavy atom. The summed E-state index contributed by atoms with van der Waals surface area (Å²) in [5, 5.41) is 6.93. The summed E-state index contributed by atoms with van der Waals surface area (Å²) >= 11 is 1.63. The summed E-state index contributed by atoms with van der Waals surface area (Å²) in [6, 6.07) is 17.6. The Bertz CT molecular complexity index is 1330. The van der Waals surface area contributed by atoms with E-state index in [2.05, 4.69) is 25.6 Å². The van der Waals surface area contributed by atoms with E-state index < -0.39 is 0 Å². The first-order chi connectivity index (χ1) is 17.7. The van der Waals surface area contributed by atoms with Gasteiger partial charge in [-0.1, -0.05) is 30.3 Å². The molecule has 0 unspecified atom stereocenters. The van der Waals surface area contributed by atoms with Crippen LogP contribution in [0.5, 0.6) is 5.75 Å². The van der Waals surface area contributed by atoms with Gasteiger partial charge in [-0.05, 0) is 49.3 Å². The van der Waals surface area contributed by atoms with Crippen molar-refractivity contribution >= 4 is 23.5 Å². The van der Waals surface area contributed by atoms with Crippen LogP contribution < -0.4 is 20.9 Å². The molecule has 4 aromatic rings. The van der Waals surface area contributed by atoms with Crippen molar-refractivity contribution in [1.29, 1.82) is 0 Å². The van der Waals surface area contributed by atoms with Crippen LogP contribution in [0.4, 0.5) is 11.8 Å². The number of anilines is 2. The van der Waals surface area contributed by atoms with Crippen molar-refractivity contribution < 1.29 is 4.74 Å². The molecule has 0 spiro atoms. The zero-order chi connectivity index (χ0) is 24.7. The molecular formula is C27H28N6O2S. The third-order valence-corrected chi connectivity index (χ3v) is 6.83. The molecule has 36 heavy (non-hydrogen) atoms. The van der Waals surface area contributed by atoms with Crippen molar-refractivity contribution in [3.63, 3.8) is 0 Å². The minimum Gasteiger partial charge on any atom is -0.489 e. The maximum absolute atomic E-state index is 12.7. The highest BCUT2D eigenvalue weighted by atomic mass is 32.2. The smallest absolute Gasteiger partial charge is 0.258 e. The Hall–Kier alpha value is -3.85. The highest BCUT2D eigenvalue weighted by Gasteiger charge is 2.25. The van der Waals surface area contributed by atoms with E-state index in [-0.39, 0.29) is 5.56 Å². The predicted octanol–water partition coefficient (Wildman–Crippen LogP) is 4.77. The largest absolute Gasteiger partial charge is 0.489 e. The Labute approximate surface area is 214 Å². The van der Waals surface area contributed by atoms with Crippen molar-refractivity contribution in [3.05, 3.63) is 95.3 Å². The number of benzene rings is 1. The first-order valence-electron chi connectivity index (χ1n) is 11.9. The van der Waals surface area contributed by atoms with E-state index in [9.17, 15) is 4.79 Å². The summed E-state index contributed by atoms with van der Waals surface area (Å²) in [7, 11) is 0. The van der Waals surface area contributed by atoms with Crippen molar-refractivity contribution in [2.45, 2.75) is 42.8 Å². The molecule has 3 aromatic heterocycles. The average molecular weight is 501 g/mol. The molecule has 0 amide bonds. The van der Waals surface area contributed by atoms with E-state index in [1.54, 1.807) is 34.8 Å². The second kappa shape index (κ2) is 11.3. The second-order valence-corrected chi connectivity index (χ2v) is 9.57. The van der Waals surface area contributed by atoms with Crippen LogP contribution in [0.25, 0.3) is 5.69 Å². The van der Waals surface area contributed by atoms with Crippen LogP contribution in [-0.4, -0.2) is 37.9 Å². The molecule has 9 heteroatoms. The first kappa shape index (κ1) is 23.9. The SMILES string of the molecule is CSc1cnc(N[C@H]2CC[C@H](Nc3ccc(-n4ccc(OCc5ccccc5)cc4=O)cn3)C2)nc1. The Morgan fingerprint density at radius 3 is 2.44 bits per heavy atom. The molecule has 0 saturated heterocycles. The maximum Gasteiger partial charge on any atom is 0.258 e. The van der Waals surface area contributed by atoms with E-state index in [0.717, 1.165) is 35.5 Å². The zero-order valence-corrected chi connectivity index (χ0v) is 20.8. The van der Waals surface area contributed by atoms with E-state index >= 15 is 0 Å². The van der Waals surface area contributed by atoms with Crippen molar-refractivity contribution in [1.82, 2.24) is 19.5 Å². The topological polar surface area (TPSA) is 94.0 Å². The molecule has 0 bridgehead atoms. The highest BCUT2D eigenvalue weighted by molar-refractivity contribution is 7.98. The fourth-order valence-electron chi connectivity index (χ4n) is 4.25. The Morgan fingerprint density at radius 2 is 1.75 bits per heavy atom. The Balaban J connectivity index is 1.15. The minimum absolute atomic E-state index is 0.166. The molecule has 2 N–H and O–H groups in total. The number of nitrogens with one attached hydrogen (secondary N) is 2. The van der Waals surface area contributed by atoms with Gasteiger partial charge in [0.1, 0.15) is 18.2 Å². The molecule has 0 radical (unpaired) electrons. The molecule has 5 rings (SSSR count). The van der Waals surface area contributed by atoms with Gasteiger partial charge in [0.15, 0.2) is 0 Å². The third-order valence-electron chi connectivity index (χ3n) is 6.15. The number of aromatic nitrogens is 4. The molecule has 184 valence electrons. The standard InChI is InChI=1S/C27H28N6O2S/c1-36-24-16-29-27(30-17-24)32-21-8-7-20(13-21)31-25-10-9-22(15-28-25)33-12-11-23(14-26(33)34)35-18-19-5-3-2-4-6-19/h2-6,9-12,14-17,20-21H,7-8,13,18H2,1H3,(H,28,31)(H,29,30,32)/t20-,21-/m0/s1. The molecule has 1 fully saturated rings. The molecule has 3 heterocycles. The molecule has 1 aliphatic rings. The number of pyridine rings is 2. The van der Waals surface area contributed by atoms with Gasteiger partial charge in [0.05, 0.1) is 11.9 Å². The van der Waals surface area contributed by atoms with Crippen molar-refractivity contribution in [2.24, 2.45) is 0 Å². The monoisotopic (exact) mass is 500 g/mol. The van der Waals surface area contributed by atoms with Crippen LogP contribution in [-0.2, 0) is 6.61 Å². The number of thioether (sulfide) groups is 1. The summed E-state index contributed by atoms with van der Waals surface area (Å²) in [6.07, 6.45) is 12.1. The minimum atomic E-state index is -0.166. The number of ether oxygens (including phenoxy) is 1. The van der Waals surface area contributed by atoms with Crippen LogP contribution in [0.2, 0.25) is 0 Å². The number of hydrogen-bond acceptors (Lipinski definition) is 8. The van der Waals surface area contributed by atoms with Gasteiger partial charge in [0.2, 0.25) is 5.95 Å². The van der Waals surface area contributed by atoms with Crippen LogP contribution in [0.15, 0.2) is 89.1 Å². The summed E-state index contributed by atoms with van der Waals surface area (Å²) in [5.74, 6) is 2.00. The number of hydrogen-bond donors (Lipinski definition) is 2. The van der Waals surface area contributed by atoms with Crippen LogP contribution in [0, 0.1) is 0 Å². The quantitative estimate of drug-likeness (QED) is 0.318. The molecule has 2 atom stereocenters. The maximum atomic E-state index is 12.7. The van der Waals surface area contributed by atoms with E-state index in [1.165, 1.54) is 6.07 Å². The van der Waals surface area contributed by atoms with E-state index in [4.69, 9.17) is 4.74 Å². The lowest BCUT2D eigenvalue weighted by Gasteiger charge is -2.15. The summed E-state index contributed by atoms with van der Waals surface area (Å²) in [5.41, 5.74) is 1.59. The normalized spacial score (nSPS) is 17.0. The van der Waals surface area contributed by atoms with Gasteiger partial charge in [-0.25, -0.2) is 15.0 Å². The van der Waals surface area contributed by atoms with Gasteiger partial charge in [-0.2, -0.15) is 0 Å². The first-order valence-corrected chi connectivity index (χ1v) is 13.1. The highest BCUT2D eigenvalue weighted by Crippen LogP contribution is 2.25. The average Bonchev–Trinajstić information content (AvgIpc) is 3.35. The van der Waals surface area contributed by atoms with Crippen LogP contribution in [0.1, 0.15) is 24.8 Å². The molecule has 0 aliphatic heterocycles. The van der Waals surface area contributed by atoms with Crippen molar-refractivity contribution in [2.75, 3.05) is 16.9 Å². The zero-order valence-electron chi connectivity index (χ0n) is 20.0. The number of nitrogens with zero attached hydrogens (tertiary/aromatic N) is 4. The van der Waals surface area contributed by atoms with Gasteiger partial charge in [0.25, 0.3) is 5.56 Å². The van der Waals surface area contributed by atoms with E-state index in [0.29, 0.717) is 36.1 Å². The van der Waals surface area contributed by atoms with Crippen molar-refractivity contribution in [3.8, 4) is 11.4 Å². The lowest BCUT2D eigenvalue weighted by molar-refractivity contribution is 0.305. The van der Waals surface area contributed by atoms with Crippen LogP contribution >= 0.6 is 11.8 Å². The van der Waals surface area contributed by atoms with Gasteiger partial charge in [-0.15, -0.1) is 11.8 Å². The van der Waals surface area contributed by atoms with Gasteiger partial charge in [-0.3, -0.25) is 9.36 Å². The summed E-state index contributed by atoms with van der Waals surface area (Å²) in [6.45, 7) is 0.418. The van der Waals surface area contributed by atoms with Gasteiger partial charge >= 0.3 is 0 Å². The summed E-state index contributed by atoms with van der Waals surface area (Å²) < 4.78 is 7.32. The number of rotatable bonds is 9. The van der Waals surface area contributed by atoms with Gasteiger partial charge in [0, 0.05) is 41.6 Å². The molecule has 8 nitrogen and oxygen atoms in total. The molecule has 1 aliphatic carbocycles. The summed E-state index contributed by atoms with van der Waals surface area (Å²) in [4.78, 5) is 27.0. The third kappa shape index (κ3) is 6.04. The molecular weight excluding hydrogens is 472 g/mol. The van der Waals surface area contributed by atoms with E-state index in [1.807, 2.05) is 61.1 Å². The lowest BCUT2D eigenvalue weighted by atomic mass is 10.2. The predicted molar refractivity (Wildman–Crippen MR) is 143 cm³/mol. The van der Waals surface area contributed by atoms with Gasteiger partial charge < -0.3 is 15.4 Å². The fraction of sp³-hybridized carbons (Fsp3) is 0.259. The lowest BCUT2D eigenvalue weighted by Crippen LogP contribution is -2.22. The van der Waals surface area contributed by atoms with Crippen LogP contribution in [0.3, 0.4) is 0 Å². The molecule has 1 aromatic carbocycles. The molecule has 1 saturated carbocycles. The Kier molecular flexibility index (Phi) is 7.47.